The standard InChI is InChI=1S/C4H7FO2.ClH/c5-3-1-2-4(6)7;/h1-3H2,(H,6,7);1H. The summed E-state index contributed by atoms with van der Waals surface area (Å²) in [7, 11) is 0. The van der Waals surface area contributed by atoms with Crippen LogP contribution in [0, 0.1) is 0 Å². The van der Waals surface area contributed by atoms with Gasteiger partial charge >= 0.3 is 5.97 Å². The molecule has 8 heavy (non-hydrogen) atoms. The molecule has 0 aliphatic heterocycles. The van der Waals surface area contributed by atoms with Gasteiger partial charge in [-0.05, 0) is 6.42 Å². The van der Waals surface area contributed by atoms with E-state index in [-0.39, 0.29) is 25.2 Å². The number of rotatable bonds is 3. The van der Waals surface area contributed by atoms with Crippen LogP contribution < -0.4 is 0 Å². The van der Waals surface area contributed by atoms with Crippen LogP contribution in [0.4, 0.5) is 4.39 Å². The smallest absolute Gasteiger partial charge is 0.303 e. The Labute approximate surface area is 53.1 Å². The average molecular weight is 143 g/mol. The maximum atomic E-state index is 11.1. The first kappa shape index (κ1) is 10.6. The molecule has 0 aromatic carbocycles. The maximum Gasteiger partial charge on any atom is 0.303 e. The second kappa shape index (κ2) is 6.69. The van der Waals surface area contributed by atoms with Crippen LogP contribution in [0.15, 0.2) is 0 Å². The van der Waals surface area contributed by atoms with Crippen molar-refractivity contribution in [2.45, 2.75) is 12.8 Å². The van der Waals surface area contributed by atoms with Gasteiger partial charge in [0.2, 0.25) is 0 Å². The van der Waals surface area contributed by atoms with Crippen molar-refractivity contribution in [3.63, 3.8) is 0 Å². The molecule has 0 atom stereocenters. The summed E-state index contributed by atoms with van der Waals surface area (Å²) >= 11 is 0. The number of hydrogen-bond acceptors (Lipinski definition) is 1. The van der Waals surface area contributed by atoms with Gasteiger partial charge in [-0.15, -0.1) is 12.4 Å². The Balaban J connectivity index is 0. The molecule has 4 heteroatoms. The Morgan fingerprint density at radius 2 is 2.12 bits per heavy atom. The highest BCUT2D eigenvalue weighted by atomic mass is 35.5. The molecule has 0 bridgehead atoms. The zero-order chi connectivity index (χ0) is 5.70. The summed E-state index contributed by atoms with van der Waals surface area (Å²) in [6.45, 7) is -0.535. The molecule has 0 heterocycles. The number of carboxylic acid groups (broad SMARTS) is 1. The number of carbonyl (C=O) groups is 1. The molecule has 50 valence electrons. The molecule has 0 unspecified atom stereocenters. The predicted molar refractivity (Wildman–Crippen MR) is 30.1 cm³/mol. The van der Waals surface area contributed by atoms with E-state index in [2.05, 4.69) is 0 Å². The molecule has 0 rings (SSSR count). The van der Waals surface area contributed by atoms with E-state index in [1.165, 1.54) is 0 Å². The van der Waals surface area contributed by atoms with Gasteiger partial charge in [-0.25, -0.2) is 0 Å². The summed E-state index contributed by atoms with van der Waals surface area (Å²) in [5.41, 5.74) is 0. The van der Waals surface area contributed by atoms with E-state index in [9.17, 15) is 9.18 Å². The Morgan fingerprint density at radius 1 is 1.62 bits per heavy atom. The van der Waals surface area contributed by atoms with Crippen LogP contribution in [0.25, 0.3) is 0 Å². The summed E-state index contributed by atoms with van der Waals surface area (Å²) in [4.78, 5) is 9.59. The lowest BCUT2D eigenvalue weighted by atomic mass is 10.3. The van der Waals surface area contributed by atoms with Crippen molar-refractivity contribution in [2.75, 3.05) is 6.67 Å². The predicted octanol–water partition coefficient (Wildman–Crippen LogP) is 1.24. The molecular formula is C4H8ClFO2. The van der Waals surface area contributed by atoms with E-state index >= 15 is 0 Å². The third-order valence-corrected chi connectivity index (χ3v) is 0.524. The Morgan fingerprint density at radius 3 is 2.25 bits per heavy atom. The molecule has 2 nitrogen and oxygen atoms in total. The molecule has 0 fully saturated rings. The van der Waals surface area contributed by atoms with Gasteiger partial charge in [0.05, 0.1) is 6.67 Å². The van der Waals surface area contributed by atoms with Crippen molar-refractivity contribution in [3.8, 4) is 0 Å². The molecule has 0 aliphatic carbocycles. The highest BCUT2D eigenvalue weighted by Gasteiger charge is 1.92. The van der Waals surface area contributed by atoms with Crippen molar-refractivity contribution in [1.82, 2.24) is 0 Å². The number of aliphatic carboxylic acids is 1. The number of hydrogen-bond donors (Lipinski definition) is 1. The van der Waals surface area contributed by atoms with Crippen molar-refractivity contribution >= 4 is 18.4 Å². The molecule has 0 amide bonds. The summed E-state index contributed by atoms with van der Waals surface area (Å²) < 4.78 is 11.1. The Hall–Kier alpha value is -0.310. The number of carboxylic acids is 1. The molecule has 0 spiro atoms. The maximum absolute atomic E-state index is 11.1. The third kappa shape index (κ3) is 9.19. The van der Waals surface area contributed by atoms with Crippen molar-refractivity contribution in [2.24, 2.45) is 0 Å². The monoisotopic (exact) mass is 142 g/mol. The van der Waals surface area contributed by atoms with Gasteiger partial charge in [0.25, 0.3) is 0 Å². The SMILES string of the molecule is Cl.O=C(O)CCCF. The van der Waals surface area contributed by atoms with Gasteiger partial charge in [0, 0.05) is 6.42 Å². The summed E-state index contributed by atoms with van der Waals surface area (Å²) in [6.07, 6.45) is 0.0752. The van der Waals surface area contributed by atoms with Gasteiger partial charge in [-0.3, -0.25) is 9.18 Å². The summed E-state index contributed by atoms with van der Waals surface area (Å²) in [5.74, 6) is -0.933. The van der Waals surface area contributed by atoms with Gasteiger partial charge in [-0.1, -0.05) is 0 Å². The van der Waals surface area contributed by atoms with E-state index in [1.54, 1.807) is 0 Å². The first-order valence-electron chi connectivity index (χ1n) is 2.05. The van der Waals surface area contributed by atoms with Crippen LogP contribution in [-0.4, -0.2) is 17.8 Å². The Kier molecular flexibility index (Phi) is 8.89. The minimum Gasteiger partial charge on any atom is -0.481 e. The minimum absolute atomic E-state index is 0. The first-order chi connectivity index (χ1) is 3.27. The normalized spacial score (nSPS) is 7.62. The van der Waals surface area contributed by atoms with Crippen molar-refractivity contribution < 1.29 is 14.3 Å². The van der Waals surface area contributed by atoms with Gasteiger partial charge in [0.15, 0.2) is 0 Å². The van der Waals surface area contributed by atoms with Crippen molar-refractivity contribution in [3.05, 3.63) is 0 Å². The molecule has 0 aromatic rings. The van der Waals surface area contributed by atoms with Crippen LogP contribution in [0.5, 0.6) is 0 Å². The fourth-order valence-electron chi connectivity index (χ4n) is 0.218. The number of alkyl halides is 1. The highest BCUT2D eigenvalue weighted by Crippen LogP contribution is 1.86. The molecular weight excluding hydrogens is 134 g/mol. The third-order valence-electron chi connectivity index (χ3n) is 0.524. The average Bonchev–Trinajstić information content (AvgIpc) is 1.61. The summed E-state index contributed by atoms with van der Waals surface area (Å²) in [6, 6.07) is 0. The second-order valence-corrected chi connectivity index (χ2v) is 1.19. The van der Waals surface area contributed by atoms with Crippen LogP contribution in [0.1, 0.15) is 12.8 Å². The van der Waals surface area contributed by atoms with Gasteiger partial charge < -0.3 is 5.11 Å². The van der Waals surface area contributed by atoms with Crippen LogP contribution in [-0.2, 0) is 4.79 Å². The lowest BCUT2D eigenvalue weighted by Crippen LogP contribution is -1.93. The summed E-state index contributed by atoms with van der Waals surface area (Å²) in [5, 5.41) is 7.88. The molecule has 0 aliphatic rings. The topological polar surface area (TPSA) is 37.3 Å². The first-order valence-corrected chi connectivity index (χ1v) is 2.05. The van der Waals surface area contributed by atoms with E-state index < -0.39 is 12.6 Å². The highest BCUT2D eigenvalue weighted by molar-refractivity contribution is 5.85. The van der Waals surface area contributed by atoms with Crippen molar-refractivity contribution in [1.29, 1.82) is 0 Å². The van der Waals surface area contributed by atoms with E-state index in [1.807, 2.05) is 0 Å². The van der Waals surface area contributed by atoms with Crippen LogP contribution >= 0.6 is 12.4 Å². The zero-order valence-electron chi connectivity index (χ0n) is 4.26. The number of halogens is 2. The van der Waals surface area contributed by atoms with E-state index in [0.29, 0.717) is 0 Å². The van der Waals surface area contributed by atoms with E-state index in [4.69, 9.17) is 5.11 Å². The molecule has 1 N–H and O–H groups in total. The lowest BCUT2D eigenvalue weighted by Gasteiger charge is -1.83. The quantitative estimate of drug-likeness (QED) is 0.644. The van der Waals surface area contributed by atoms with Gasteiger partial charge in [-0.2, -0.15) is 0 Å². The fourth-order valence-corrected chi connectivity index (χ4v) is 0.218. The lowest BCUT2D eigenvalue weighted by molar-refractivity contribution is -0.137. The molecule has 0 radical (unpaired) electrons. The Bertz CT molecular complexity index is 67.1. The largest absolute Gasteiger partial charge is 0.481 e. The van der Waals surface area contributed by atoms with Crippen LogP contribution in [0.3, 0.4) is 0 Å². The van der Waals surface area contributed by atoms with E-state index in [0.717, 1.165) is 0 Å². The van der Waals surface area contributed by atoms with Crippen LogP contribution in [0.2, 0.25) is 0 Å². The molecule has 0 saturated heterocycles. The second-order valence-electron chi connectivity index (χ2n) is 1.19. The zero-order valence-corrected chi connectivity index (χ0v) is 5.08. The molecule has 0 aromatic heterocycles. The minimum atomic E-state index is -0.933. The molecule has 0 saturated carbocycles. The fraction of sp³-hybridized carbons (Fsp3) is 0.750. The van der Waals surface area contributed by atoms with Gasteiger partial charge in [0.1, 0.15) is 0 Å².